The number of alkyl halides is 3. The van der Waals surface area contributed by atoms with Crippen LogP contribution < -0.4 is 5.32 Å². The van der Waals surface area contributed by atoms with E-state index in [1.807, 2.05) is 13.8 Å². The highest BCUT2D eigenvalue weighted by Gasteiger charge is 2.26. The highest BCUT2D eigenvalue weighted by atomic mass is 19.4. The number of halogens is 3. The van der Waals surface area contributed by atoms with E-state index in [0.717, 1.165) is 19.5 Å². The summed E-state index contributed by atoms with van der Waals surface area (Å²) in [5.74, 6) is 0.583. The molecule has 0 aliphatic rings. The molecule has 0 aromatic heterocycles. The predicted octanol–water partition coefficient (Wildman–Crippen LogP) is 2.89. The highest BCUT2D eigenvalue weighted by molar-refractivity contribution is 4.71. The number of nitrogens with one attached hydrogen (secondary N) is 1. The third-order valence-electron chi connectivity index (χ3n) is 3.04. The van der Waals surface area contributed by atoms with Crippen LogP contribution in [0.2, 0.25) is 0 Å². The van der Waals surface area contributed by atoms with Crippen LogP contribution in [0.3, 0.4) is 0 Å². The minimum atomic E-state index is -4.12. The Bertz CT molecular complexity index is 195. The molecule has 104 valence electrons. The molecule has 0 aromatic carbocycles. The van der Waals surface area contributed by atoms with Gasteiger partial charge in [0.1, 0.15) is 0 Å². The molecule has 0 radical (unpaired) electrons. The van der Waals surface area contributed by atoms with Gasteiger partial charge in [-0.05, 0) is 19.4 Å². The first-order valence-electron chi connectivity index (χ1n) is 6.31. The average Bonchev–Trinajstić information content (AvgIpc) is 2.23. The van der Waals surface area contributed by atoms with Gasteiger partial charge < -0.3 is 5.32 Å². The van der Waals surface area contributed by atoms with Gasteiger partial charge in [0, 0.05) is 19.1 Å². The van der Waals surface area contributed by atoms with Gasteiger partial charge in [-0.15, -0.1) is 0 Å². The lowest BCUT2D eigenvalue weighted by Crippen LogP contribution is -2.44. The summed E-state index contributed by atoms with van der Waals surface area (Å²) in [6.07, 6.45) is -3.02. The van der Waals surface area contributed by atoms with Crippen LogP contribution in [0.15, 0.2) is 0 Å². The van der Waals surface area contributed by atoms with Crippen molar-refractivity contribution in [1.82, 2.24) is 10.2 Å². The van der Waals surface area contributed by atoms with Crippen molar-refractivity contribution in [3.63, 3.8) is 0 Å². The van der Waals surface area contributed by atoms with E-state index >= 15 is 0 Å². The first-order chi connectivity index (χ1) is 7.80. The van der Waals surface area contributed by atoms with Crippen LogP contribution in [0.4, 0.5) is 13.2 Å². The Balaban J connectivity index is 3.95. The monoisotopic (exact) mass is 254 g/mol. The van der Waals surface area contributed by atoms with Gasteiger partial charge in [0.05, 0.1) is 6.54 Å². The summed E-state index contributed by atoms with van der Waals surface area (Å²) in [5.41, 5.74) is 0. The zero-order chi connectivity index (χ0) is 13.5. The van der Waals surface area contributed by atoms with Crippen molar-refractivity contribution in [3.05, 3.63) is 0 Å². The molecule has 0 heterocycles. The van der Waals surface area contributed by atoms with Crippen LogP contribution in [0.5, 0.6) is 0 Å². The lowest BCUT2D eigenvalue weighted by Gasteiger charge is -2.30. The van der Waals surface area contributed by atoms with E-state index in [9.17, 15) is 13.2 Å². The Morgan fingerprint density at radius 3 is 2.18 bits per heavy atom. The number of hydrogen-bond donors (Lipinski definition) is 1. The molecule has 0 aliphatic heterocycles. The van der Waals surface area contributed by atoms with Crippen LogP contribution >= 0.6 is 0 Å². The zero-order valence-corrected chi connectivity index (χ0v) is 11.3. The normalized spacial score (nSPS) is 16.2. The first-order valence-corrected chi connectivity index (χ1v) is 6.31. The maximum Gasteiger partial charge on any atom is 0.401 e. The van der Waals surface area contributed by atoms with E-state index in [0.29, 0.717) is 12.5 Å². The lowest BCUT2D eigenvalue weighted by molar-refractivity contribution is -0.125. The third kappa shape index (κ3) is 8.44. The van der Waals surface area contributed by atoms with E-state index in [4.69, 9.17) is 0 Å². The third-order valence-corrected chi connectivity index (χ3v) is 3.04. The summed E-state index contributed by atoms with van der Waals surface area (Å²) in [4.78, 5) is 2.22. The molecule has 0 fully saturated rings. The summed E-state index contributed by atoms with van der Waals surface area (Å²) in [7, 11) is 0. The van der Waals surface area contributed by atoms with Crippen molar-refractivity contribution >= 4 is 0 Å². The molecule has 0 saturated heterocycles. The van der Waals surface area contributed by atoms with Crippen LogP contribution in [-0.4, -0.2) is 43.3 Å². The Labute approximate surface area is 103 Å². The SMILES string of the molecule is CCC(C)CN(CC)C(C)CNCC(F)(F)F. The van der Waals surface area contributed by atoms with Gasteiger partial charge in [-0.1, -0.05) is 27.2 Å². The van der Waals surface area contributed by atoms with Gasteiger partial charge in [-0.3, -0.25) is 4.90 Å². The number of rotatable bonds is 8. The Kier molecular flexibility index (Phi) is 7.79. The first kappa shape index (κ1) is 16.7. The fourth-order valence-corrected chi connectivity index (χ4v) is 1.70. The molecular weight excluding hydrogens is 229 g/mol. The molecule has 5 heteroatoms. The van der Waals surface area contributed by atoms with E-state index in [1.165, 1.54) is 0 Å². The molecule has 0 saturated carbocycles. The molecule has 2 atom stereocenters. The van der Waals surface area contributed by atoms with Gasteiger partial charge in [0.25, 0.3) is 0 Å². The summed E-state index contributed by atoms with van der Waals surface area (Å²) < 4.78 is 35.9. The van der Waals surface area contributed by atoms with Crippen molar-refractivity contribution < 1.29 is 13.2 Å². The molecule has 0 rings (SSSR count). The number of likely N-dealkylation sites (N-methyl/N-ethyl adjacent to an activating group) is 1. The molecule has 17 heavy (non-hydrogen) atoms. The summed E-state index contributed by atoms with van der Waals surface area (Å²) in [6.45, 7) is 9.60. The fraction of sp³-hybridized carbons (Fsp3) is 1.00. The van der Waals surface area contributed by atoms with E-state index in [-0.39, 0.29) is 6.04 Å². The van der Waals surface area contributed by atoms with Crippen LogP contribution in [0, 0.1) is 5.92 Å². The second kappa shape index (κ2) is 7.93. The van der Waals surface area contributed by atoms with Crippen LogP contribution in [0.1, 0.15) is 34.1 Å². The smallest absolute Gasteiger partial charge is 0.307 e. The Morgan fingerprint density at radius 1 is 1.18 bits per heavy atom. The van der Waals surface area contributed by atoms with Crippen LogP contribution in [-0.2, 0) is 0 Å². The molecule has 0 spiro atoms. The molecule has 2 nitrogen and oxygen atoms in total. The minimum absolute atomic E-state index is 0.136. The van der Waals surface area contributed by atoms with Crippen molar-refractivity contribution in [3.8, 4) is 0 Å². The molecule has 0 amide bonds. The Hall–Kier alpha value is -0.290. The van der Waals surface area contributed by atoms with Gasteiger partial charge in [0.2, 0.25) is 0 Å². The highest BCUT2D eigenvalue weighted by Crippen LogP contribution is 2.12. The van der Waals surface area contributed by atoms with Gasteiger partial charge >= 0.3 is 6.18 Å². The number of hydrogen-bond acceptors (Lipinski definition) is 2. The van der Waals surface area contributed by atoms with E-state index in [1.54, 1.807) is 0 Å². The fourth-order valence-electron chi connectivity index (χ4n) is 1.70. The second-order valence-corrected chi connectivity index (χ2v) is 4.70. The van der Waals surface area contributed by atoms with Gasteiger partial charge in [0.15, 0.2) is 0 Å². The maximum atomic E-state index is 12.0. The van der Waals surface area contributed by atoms with Gasteiger partial charge in [-0.25, -0.2) is 0 Å². The second-order valence-electron chi connectivity index (χ2n) is 4.70. The topological polar surface area (TPSA) is 15.3 Å². The molecule has 0 aromatic rings. The minimum Gasteiger partial charge on any atom is -0.307 e. The van der Waals surface area contributed by atoms with E-state index < -0.39 is 12.7 Å². The van der Waals surface area contributed by atoms with E-state index in [2.05, 4.69) is 24.1 Å². The number of nitrogens with zero attached hydrogens (tertiary/aromatic N) is 1. The summed E-state index contributed by atoms with van der Waals surface area (Å²) in [6, 6.07) is 0.136. The predicted molar refractivity (Wildman–Crippen MR) is 65.1 cm³/mol. The lowest BCUT2D eigenvalue weighted by atomic mass is 10.1. The van der Waals surface area contributed by atoms with Crippen molar-refractivity contribution in [2.45, 2.75) is 46.3 Å². The molecule has 0 bridgehead atoms. The van der Waals surface area contributed by atoms with Crippen molar-refractivity contribution in [2.75, 3.05) is 26.2 Å². The maximum absolute atomic E-state index is 12.0. The van der Waals surface area contributed by atoms with Gasteiger partial charge in [-0.2, -0.15) is 13.2 Å². The quantitative estimate of drug-likeness (QED) is 0.716. The van der Waals surface area contributed by atoms with Crippen molar-refractivity contribution in [1.29, 1.82) is 0 Å². The molecule has 0 aliphatic carbocycles. The average molecular weight is 254 g/mol. The largest absolute Gasteiger partial charge is 0.401 e. The van der Waals surface area contributed by atoms with Crippen molar-refractivity contribution in [2.24, 2.45) is 5.92 Å². The molecule has 1 N–H and O–H groups in total. The van der Waals surface area contributed by atoms with Crippen LogP contribution in [0.25, 0.3) is 0 Å². The zero-order valence-electron chi connectivity index (χ0n) is 11.3. The Morgan fingerprint density at radius 2 is 1.76 bits per heavy atom. The molecule has 2 unspecified atom stereocenters. The summed E-state index contributed by atoms with van der Waals surface area (Å²) in [5, 5.41) is 2.46. The molecular formula is C12H25F3N2. The summed E-state index contributed by atoms with van der Waals surface area (Å²) >= 11 is 0. The standard InChI is InChI=1S/C12H25F3N2/c1-5-10(3)8-17(6-2)11(4)7-16-9-12(13,14)15/h10-11,16H,5-9H2,1-4H3.